The number of nitrogens with zero attached hydrogens (tertiary/aromatic N) is 3. The minimum atomic E-state index is 0.120. The van der Waals surface area contributed by atoms with Crippen LogP contribution in [0.5, 0.6) is 11.5 Å². The maximum Gasteiger partial charge on any atom is 0.244 e. The van der Waals surface area contributed by atoms with Gasteiger partial charge in [0.15, 0.2) is 17.3 Å². The molecule has 1 aliphatic heterocycles. The minimum absolute atomic E-state index is 0.120. The molecule has 0 unspecified atom stereocenters. The number of likely N-dealkylation sites (tertiary alicyclic amines) is 1. The Morgan fingerprint density at radius 1 is 1.32 bits per heavy atom. The Labute approximate surface area is 153 Å². The zero-order chi connectivity index (χ0) is 18.0. The molecule has 25 heavy (non-hydrogen) atoms. The molecule has 0 bridgehead atoms. The molecule has 1 atom stereocenters. The Morgan fingerprint density at radius 3 is 2.76 bits per heavy atom. The van der Waals surface area contributed by atoms with E-state index in [0.717, 1.165) is 30.8 Å². The third-order valence-electron chi connectivity index (χ3n) is 4.52. The summed E-state index contributed by atoms with van der Waals surface area (Å²) >= 11 is 6.24. The Bertz CT molecular complexity index is 732. The van der Waals surface area contributed by atoms with Crippen molar-refractivity contribution in [1.82, 2.24) is 15.0 Å². The monoisotopic (exact) mass is 365 g/mol. The van der Waals surface area contributed by atoms with E-state index < -0.39 is 0 Å². The average Bonchev–Trinajstić information content (AvgIpc) is 3.23. The zero-order valence-electron chi connectivity index (χ0n) is 15.1. The highest BCUT2D eigenvalue weighted by Crippen LogP contribution is 2.38. The number of hydrogen-bond donors (Lipinski definition) is 0. The predicted molar refractivity (Wildman–Crippen MR) is 95.3 cm³/mol. The molecular weight excluding hydrogens is 342 g/mol. The van der Waals surface area contributed by atoms with Gasteiger partial charge in [-0.25, -0.2) is 0 Å². The summed E-state index contributed by atoms with van der Waals surface area (Å²) in [5.74, 6) is 3.05. The van der Waals surface area contributed by atoms with Crippen molar-refractivity contribution in [1.29, 1.82) is 0 Å². The SMILES string of the molecule is COc1cc(Cl)cc(CN2CCC[C@H]2c2nc(C(C)C)no2)c1OC. The van der Waals surface area contributed by atoms with Crippen LogP contribution in [-0.4, -0.2) is 35.8 Å². The average molecular weight is 366 g/mol. The van der Waals surface area contributed by atoms with E-state index in [1.807, 2.05) is 6.07 Å². The number of halogens is 1. The summed E-state index contributed by atoms with van der Waals surface area (Å²) in [7, 11) is 3.26. The molecule has 2 aromatic rings. The van der Waals surface area contributed by atoms with Crippen molar-refractivity contribution in [3.8, 4) is 11.5 Å². The van der Waals surface area contributed by atoms with Crippen molar-refractivity contribution in [3.63, 3.8) is 0 Å². The second kappa shape index (κ2) is 7.62. The van der Waals surface area contributed by atoms with Crippen LogP contribution in [0.25, 0.3) is 0 Å². The maximum atomic E-state index is 6.24. The van der Waals surface area contributed by atoms with Gasteiger partial charge in [-0.15, -0.1) is 0 Å². The van der Waals surface area contributed by atoms with Gasteiger partial charge in [-0.2, -0.15) is 4.98 Å². The normalized spacial score (nSPS) is 18.1. The van der Waals surface area contributed by atoms with Crippen molar-refractivity contribution in [3.05, 3.63) is 34.4 Å². The minimum Gasteiger partial charge on any atom is -0.493 e. The highest BCUT2D eigenvalue weighted by Gasteiger charge is 2.32. The second-order valence-electron chi connectivity index (χ2n) is 6.57. The number of ether oxygens (including phenoxy) is 2. The van der Waals surface area contributed by atoms with Crippen LogP contribution in [0.1, 0.15) is 55.9 Å². The molecule has 0 amide bonds. The van der Waals surface area contributed by atoms with Gasteiger partial charge in [0.2, 0.25) is 5.89 Å². The van der Waals surface area contributed by atoms with Gasteiger partial charge in [0.1, 0.15) is 0 Å². The Kier molecular flexibility index (Phi) is 5.49. The van der Waals surface area contributed by atoms with Crippen molar-refractivity contribution >= 4 is 11.6 Å². The summed E-state index contributed by atoms with van der Waals surface area (Å²) in [6, 6.07) is 3.80. The van der Waals surface area contributed by atoms with E-state index in [4.69, 9.17) is 25.6 Å². The van der Waals surface area contributed by atoms with Crippen molar-refractivity contribution in [2.75, 3.05) is 20.8 Å². The molecule has 0 spiro atoms. The Balaban J connectivity index is 1.85. The van der Waals surface area contributed by atoms with Gasteiger partial charge in [-0.3, -0.25) is 4.90 Å². The van der Waals surface area contributed by atoms with Crippen LogP contribution in [0, 0.1) is 0 Å². The molecule has 0 aliphatic carbocycles. The van der Waals surface area contributed by atoms with Crippen LogP contribution in [0.3, 0.4) is 0 Å². The van der Waals surface area contributed by atoms with Crippen LogP contribution in [0.15, 0.2) is 16.7 Å². The number of aromatic nitrogens is 2. The third kappa shape index (κ3) is 3.75. The summed E-state index contributed by atoms with van der Waals surface area (Å²) in [6.07, 6.45) is 2.09. The zero-order valence-corrected chi connectivity index (χ0v) is 15.8. The van der Waals surface area contributed by atoms with E-state index >= 15 is 0 Å². The summed E-state index contributed by atoms with van der Waals surface area (Å²) < 4.78 is 16.5. The topological polar surface area (TPSA) is 60.6 Å². The smallest absolute Gasteiger partial charge is 0.244 e. The third-order valence-corrected chi connectivity index (χ3v) is 4.73. The number of benzene rings is 1. The van der Waals surface area contributed by atoms with Crippen LogP contribution in [0.4, 0.5) is 0 Å². The summed E-state index contributed by atoms with van der Waals surface area (Å²) in [4.78, 5) is 6.90. The largest absolute Gasteiger partial charge is 0.493 e. The fourth-order valence-corrected chi connectivity index (χ4v) is 3.49. The molecule has 1 aromatic carbocycles. The van der Waals surface area contributed by atoms with E-state index in [1.54, 1.807) is 20.3 Å². The van der Waals surface area contributed by atoms with Gasteiger partial charge in [-0.05, 0) is 25.5 Å². The molecule has 7 heteroatoms. The van der Waals surface area contributed by atoms with Gasteiger partial charge in [0.05, 0.1) is 20.3 Å². The summed E-state index contributed by atoms with van der Waals surface area (Å²) in [6.45, 7) is 5.76. The highest BCUT2D eigenvalue weighted by molar-refractivity contribution is 6.30. The fourth-order valence-electron chi connectivity index (χ4n) is 3.25. The quantitative estimate of drug-likeness (QED) is 0.764. The molecule has 6 nitrogen and oxygen atoms in total. The molecule has 1 saturated heterocycles. The van der Waals surface area contributed by atoms with Crippen LogP contribution < -0.4 is 9.47 Å². The molecule has 136 valence electrons. The maximum absolute atomic E-state index is 6.24. The lowest BCUT2D eigenvalue weighted by molar-refractivity contribution is 0.198. The second-order valence-corrected chi connectivity index (χ2v) is 7.01. The standard InChI is InChI=1S/C18H24ClN3O3/c1-11(2)17-20-18(25-21-17)14-6-5-7-22(14)10-12-8-13(19)9-15(23-3)16(12)24-4/h8-9,11,14H,5-7,10H2,1-4H3/t14-/m0/s1. The summed E-state index contributed by atoms with van der Waals surface area (Å²) in [5, 5.41) is 4.73. The van der Waals surface area contributed by atoms with Gasteiger partial charge in [0, 0.05) is 29.1 Å². The molecule has 1 fully saturated rings. The molecular formula is C18H24ClN3O3. The van der Waals surface area contributed by atoms with Gasteiger partial charge >= 0.3 is 0 Å². The molecule has 0 saturated carbocycles. The number of rotatable bonds is 6. The Hall–Kier alpha value is -1.79. The first kappa shape index (κ1) is 18.0. The highest BCUT2D eigenvalue weighted by atomic mass is 35.5. The number of methoxy groups -OCH3 is 2. The summed E-state index contributed by atoms with van der Waals surface area (Å²) in [5.41, 5.74) is 0.988. The number of hydrogen-bond acceptors (Lipinski definition) is 6. The molecule has 1 aliphatic rings. The first-order chi connectivity index (χ1) is 12.0. The van der Waals surface area contributed by atoms with Crippen LogP contribution in [0.2, 0.25) is 5.02 Å². The first-order valence-corrected chi connectivity index (χ1v) is 8.89. The molecule has 0 N–H and O–H groups in total. The van der Waals surface area contributed by atoms with E-state index in [9.17, 15) is 0 Å². The van der Waals surface area contributed by atoms with Crippen LogP contribution >= 0.6 is 11.6 Å². The lowest BCUT2D eigenvalue weighted by Crippen LogP contribution is -2.23. The molecule has 3 rings (SSSR count). The van der Waals surface area contributed by atoms with Crippen LogP contribution in [-0.2, 0) is 6.54 Å². The van der Waals surface area contributed by atoms with E-state index in [-0.39, 0.29) is 12.0 Å². The Morgan fingerprint density at radius 2 is 2.12 bits per heavy atom. The van der Waals surface area contributed by atoms with Gasteiger partial charge in [0.25, 0.3) is 0 Å². The molecule has 2 heterocycles. The fraction of sp³-hybridized carbons (Fsp3) is 0.556. The van der Waals surface area contributed by atoms with E-state index in [1.165, 1.54) is 0 Å². The van der Waals surface area contributed by atoms with Gasteiger partial charge in [-0.1, -0.05) is 30.6 Å². The lowest BCUT2D eigenvalue weighted by Gasteiger charge is -2.23. The van der Waals surface area contributed by atoms with E-state index in [2.05, 4.69) is 28.9 Å². The van der Waals surface area contributed by atoms with E-state index in [0.29, 0.717) is 29.0 Å². The molecule has 1 aromatic heterocycles. The van der Waals surface area contributed by atoms with Gasteiger partial charge < -0.3 is 14.0 Å². The predicted octanol–water partition coefficient (Wildman–Crippen LogP) is 4.20. The van der Waals surface area contributed by atoms with Crippen molar-refractivity contribution in [2.24, 2.45) is 0 Å². The van der Waals surface area contributed by atoms with Crippen molar-refractivity contribution < 1.29 is 14.0 Å². The lowest BCUT2D eigenvalue weighted by atomic mass is 10.1. The molecule has 0 radical (unpaired) electrons. The first-order valence-electron chi connectivity index (χ1n) is 8.51. The van der Waals surface area contributed by atoms with Crippen molar-refractivity contribution in [2.45, 2.75) is 45.2 Å².